The molecule has 1 unspecified atom stereocenters. The Morgan fingerprint density at radius 3 is 1.47 bits per heavy atom. The van der Waals surface area contributed by atoms with Crippen LogP contribution in [-0.2, 0) is 6.54 Å². The molecule has 0 fully saturated rings. The summed E-state index contributed by atoms with van der Waals surface area (Å²) in [6, 6.07) is 22.1. The van der Waals surface area contributed by atoms with Gasteiger partial charge in [-0.3, -0.25) is 14.5 Å². The molecule has 0 bridgehead atoms. The first-order valence-electron chi connectivity index (χ1n) is 27.3. The van der Waals surface area contributed by atoms with Gasteiger partial charge in [0.2, 0.25) is 0 Å². The van der Waals surface area contributed by atoms with Gasteiger partial charge in [0.15, 0.2) is 0 Å². The van der Waals surface area contributed by atoms with Crippen LogP contribution >= 0.6 is 22.7 Å². The summed E-state index contributed by atoms with van der Waals surface area (Å²) in [5.41, 5.74) is 6.92. The van der Waals surface area contributed by atoms with Crippen molar-refractivity contribution in [1.82, 2.24) is 19.7 Å². The third kappa shape index (κ3) is 13.4. The number of nitrogens with zero attached hydrogens (tertiary/aromatic N) is 4. The molecule has 1 aliphatic rings. The van der Waals surface area contributed by atoms with Gasteiger partial charge < -0.3 is 4.57 Å². The van der Waals surface area contributed by atoms with Gasteiger partial charge >= 0.3 is 0 Å². The lowest BCUT2D eigenvalue weighted by Crippen LogP contribution is -2.34. The monoisotopic (exact) mass is 955 g/mol. The molecule has 7 rings (SSSR count). The molecule has 366 valence electrons. The fourth-order valence-electron chi connectivity index (χ4n) is 10.6. The van der Waals surface area contributed by atoms with Crippen LogP contribution in [0, 0.1) is 19.8 Å². The number of aromatic nitrogens is 3. The Hall–Kier alpha value is -4.14. The molecule has 0 spiro atoms. The summed E-state index contributed by atoms with van der Waals surface area (Å²) in [6.07, 6.45) is 33.0. The molecule has 1 aliphatic heterocycles. The highest BCUT2D eigenvalue weighted by molar-refractivity contribution is 7.18. The van der Waals surface area contributed by atoms with E-state index >= 15 is 0 Å². The molecule has 8 heteroatoms. The summed E-state index contributed by atoms with van der Waals surface area (Å²) in [5, 5.41) is 12.2. The van der Waals surface area contributed by atoms with Gasteiger partial charge in [-0.05, 0) is 86.6 Å². The Balaban J connectivity index is 1.12. The number of benzene rings is 2. The van der Waals surface area contributed by atoms with E-state index in [-0.39, 0.29) is 17.7 Å². The van der Waals surface area contributed by atoms with Crippen molar-refractivity contribution in [3.63, 3.8) is 0 Å². The van der Waals surface area contributed by atoms with E-state index in [1.165, 1.54) is 169 Å². The van der Waals surface area contributed by atoms with Crippen LogP contribution in [0.2, 0.25) is 0 Å². The van der Waals surface area contributed by atoms with Gasteiger partial charge in [-0.1, -0.05) is 193 Å². The molecule has 4 aromatic heterocycles. The van der Waals surface area contributed by atoms with Crippen molar-refractivity contribution in [3.05, 3.63) is 82.2 Å². The highest BCUT2D eigenvalue weighted by Crippen LogP contribution is 2.43. The zero-order valence-corrected chi connectivity index (χ0v) is 44.2. The molecule has 68 heavy (non-hydrogen) atoms. The lowest BCUT2D eigenvalue weighted by atomic mass is 9.93. The predicted molar refractivity (Wildman–Crippen MR) is 292 cm³/mol. The first-order chi connectivity index (χ1) is 33.3. The smallest absolute Gasteiger partial charge is 0.263 e. The van der Waals surface area contributed by atoms with Crippen molar-refractivity contribution in [3.8, 4) is 31.6 Å². The molecule has 1 atom stereocenters. The lowest BCUT2D eigenvalue weighted by Gasteiger charge is -2.23. The number of thiophene rings is 2. The molecule has 0 N–H and O–H groups in total. The Morgan fingerprint density at radius 1 is 0.485 bits per heavy atom. The van der Waals surface area contributed by atoms with Gasteiger partial charge in [-0.2, -0.15) is 0 Å². The number of rotatable bonds is 32. The second-order valence-electron chi connectivity index (χ2n) is 20.2. The van der Waals surface area contributed by atoms with Crippen LogP contribution in [0.5, 0.6) is 0 Å². The van der Waals surface area contributed by atoms with Gasteiger partial charge in [0.1, 0.15) is 11.4 Å². The number of hydrogen-bond donors (Lipinski definition) is 0. The maximum atomic E-state index is 14.9. The number of aryl methyl sites for hydroxylation is 3. The summed E-state index contributed by atoms with van der Waals surface area (Å²) >= 11 is 3.24. The highest BCUT2D eigenvalue weighted by atomic mass is 32.1. The van der Waals surface area contributed by atoms with E-state index in [4.69, 9.17) is 10.2 Å². The molecule has 0 saturated heterocycles. The zero-order chi connectivity index (χ0) is 47.7. The van der Waals surface area contributed by atoms with Crippen LogP contribution in [0.1, 0.15) is 219 Å². The van der Waals surface area contributed by atoms with Crippen LogP contribution in [0.15, 0.2) is 60.7 Å². The number of hydrogen-bond acceptors (Lipinski definition) is 6. The minimum atomic E-state index is -0.212. The number of fused-ring (bicyclic) bond motifs is 4. The highest BCUT2D eigenvalue weighted by Gasteiger charge is 2.43. The molecule has 0 radical (unpaired) electrons. The minimum absolute atomic E-state index is 0.209. The molecule has 0 aliphatic carbocycles. The summed E-state index contributed by atoms with van der Waals surface area (Å²) in [5.74, 6) is -0.136. The second-order valence-corrected chi connectivity index (χ2v) is 22.6. The fourth-order valence-corrected chi connectivity index (χ4v) is 12.5. The quantitative estimate of drug-likeness (QED) is 0.0312. The molecule has 2 aromatic carbocycles. The van der Waals surface area contributed by atoms with Crippen LogP contribution < -0.4 is 0 Å². The largest absolute Gasteiger partial charge is 0.340 e. The van der Waals surface area contributed by atoms with Crippen LogP contribution in [0.25, 0.3) is 53.4 Å². The Labute approximate surface area is 417 Å². The second kappa shape index (κ2) is 26.7. The minimum Gasteiger partial charge on any atom is -0.340 e. The molecule has 6 aromatic rings. The fraction of sp³-hybridized carbons (Fsp3) is 0.567. The van der Waals surface area contributed by atoms with Crippen molar-refractivity contribution < 1.29 is 9.59 Å². The molecular formula is C60H82N4O2S2. The number of amides is 2. The number of imide groups is 1. The van der Waals surface area contributed by atoms with Gasteiger partial charge in [0.25, 0.3) is 11.8 Å². The summed E-state index contributed by atoms with van der Waals surface area (Å²) in [7, 11) is 0. The van der Waals surface area contributed by atoms with E-state index in [1.807, 2.05) is 6.07 Å². The summed E-state index contributed by atoms with van der Waals surface area (Å²) < 4.78 is 2.55. The number of carbonyl (C=O) groups is 2. The SMILES string of the molecule is CCCCCCCCCCCCn1c2cc(C)ccc2c2ccc(-c3ccc(-c4nnc(-c5ccc(C)s5)c5c4C(=O)N(CC(CCCCCCCC)CCCCCCCCCC)C5=O)s3)cc21. The van der Waals surface area contributed by atoms with E-state index in [2.05, 4.69) is 93.8 Å². The number of carbonyl (C=O) groups excluding carboxylic acids is 2. The third-order valence-electron chi connectivity index (χ3n) is 14.6. The molecule has 6 nitrogen and oxygen atoms in total. The third-order valence-corrected chi connectivity index (χ3v) is 16.8. The number of unbranched alkanes of at least 4 members (excludes halogenated alkanes) is 21. The molecular weight excluding hydrogens is 873 g/mol. The Morgan fingerprint density at radius 2 is 0.941 bits per heavy atom. The Kier molecular flexibility index (Phi) is 20.3. The van der Waals surface area contributed by atoms with E-state index < -0.39 is 0 Å². The van der Waals surface area contributed by atoms with Crippen LogP contribution in [-0.4, -0.2) is 38.0 Å². The van der Waals surface area contributed by atoms with E-state index in [0.29, 0.717) is 29.1 Å². The Bertz CT molecular complexity index is 2530. The van der Waals surface area contributed by atoms with E-state index in [0.717, 1.165) is 57.3 Å². The first kappa shape index (κ1) is 51.7. The molecule has 2 amide bonds. The van der Waals surface area contributed by atoms with Crippen molar-refractivity contribution >= 4 is 56.3 Å². The average Bonchev–Trinajstić information content (AvgIpc) is 4.13. The average molecular weight is 955 g/mol. The van der Waals surface area contributed by atoms with Crippen LogP contribution in [0.4, 0.5) is 0 Å². The van der Waals surface area contributed by atoms with E-state index in [1.54, 1.807) is 27.6 Å². The predicted octanol–water partition coefficient (Wildman–Crippen LogP) is 18.7. The van der Waals surface area contributed by atoms with Crippen molar-refractivity contribution in [2.75, 3.05) is 6.54 Å². The summed E-state index contributed by atoms with van der Waals surface area (Å²) in [6.45, 7) is 12.5. The van der Waals surface area contributed by atoms with Crippen LogP contribution in [0.3, 0.4) is 0 Å². The van der Waals surface area contributed by atoms with Gasteiger partial charge in [-0.15, -0.1) is 32.9 Å². The summed E-state index contributed by atoms with van der Waals surface area (Å²) in [4.78, 5) is 35.2. The first-order valence-corrected chi connectivity index (χ1v) is 28.9. The topological polar surface area (TPSA) is 68.1 Å². The maximum absolute atomic E-state index is 14.9. The van der Waals surface area contributed by atoms with Crippen molar-refractivity contribution in [2.24, 2.45) is 5.92 Å². The molecule has 5 heterocycles. The maximum Gasteiger partial charge on any atom is 0.263 e. The van der Waals surface area contributed by atoms with Crippen molar-refractivity contribution in [2.45, 2.75) is 208 Å². The normalized spacial score (nSPS) is 13.2. The zero-order valence-electron chi connectivity index (χ0n) is 42.6. The molecule has 0 saturated carbocycles. The standard InChI is InChI=1S/C60H82N4O2S2/c1-6-9-12-15-18-20-21-23-26-29-40-63-50-41-44(4)32-35-48(50)49-36-34-47(42-51(49)63)52-38-39-54(68-52)58-56-55(57(61-62-58)53-37-33-45(5)67-53)59(65)64(60(56)66)43-46(30-27-24-17-14-11-8-3)31-28-25-22-19-16-13-10-7-2/h32-39,41-42,46H,6-31,40,43H2,1-5H3. The lowest BCUT2D eigenvalue weighted by molar-refractivity contribution is 0.0622. The van der Waals surface area contributed by atoms with Crippen molar-refractivity contribution in [1.29, 1.82) is 0 Å². The van der Waals surface area contributed by atoms with Gasteiger partial charge in [0, 0.05) is 44.6 Å². The van der Waals surface area contributed by atoms with E-state index in [9.17, 15) is 9.59 Å². The van der Waals surface area contributed by atoms with Gasteiger partial charge in [-0.25, -0.2) is 0 Å². The van der Waals surface area contributed by atoms with Gasteiger partial charge in [0.05, 0.1) is 20.9 Å².